The van der Waals surface area contributed by atoms with Crippen LogP contribution in [0.25, 0.3) is 33.1 Å². The van der Waals surface area contributed by atoms with Gasteiger partial charge in [-0.15, -0.1) is 11.8 Å². The number of aryl methyl sites for hydroxylation is 1. The number of H-pyrrole nitrogens is 1. The van der Waals surface area contributed by atoms with E-state index in [9.17, 15) is 5.11 Å². The van der Waals surface area contributed by atoms with Crippen molar-refractivity contribution in [3.8, 4) is 16.9 Å². The van der Waals surface area contributed by atoms with Crippen LogP contribution in [0.2, 0.25) is 0 Å². The number of nitrogens with zero attached hydrogens (tertiary/aromatic N) is 1. The summed E-state index contributed by atoms with van der Waals surface area (Å²) in [6.07, 6.45) is 1.59. The second-order valence-electron chi connectivity index (χ2n) is 6.97. The lowest BCUT2D eigenvalue weighted by Crippen LogP contribution is -2.16. The van der Waals surface area contributed by atoms with E-state index in [2.05, 4.69) is 60.2 Å². The molecule has 4 nitrogen and oxygen atoms in total. The van der Waals surface area contributed by atoms with Gasteiger partial charge in [0.1, 0.15) is 17.5 Å². The average molecular weight is 393 g/mol. The Labute approximate surface area is 169 Å². The first-order chi connectivity index (χ1) is 13.6. The number of benzene rings is 2. The van der Waals surface area contributed by atoms with Gasteiger partial charge in [0.15, 0.2) is 0 Å². The maximum Gasteiger partial charge on any atom is 0.144 e. The van der Waals surface area contributed by atoms with Gasteiger partial charge >= 0.3 is 0 Å². The number of rotatable bonds is 6. The van der Waals surface area contributed by atoms with Crippen LogP contribution >= 0.6 is 11.8 Å². The number of fused-ring (bicyclic) bond motifs is 3. The van der Waals surface area contributed by atoms with Crippen LogP contribution in [0.5, 0.6) is 5.75 Å². The van der Waals surface area contributed by atoms with Crippen LogP contribution in [0.1, 0.15) is 19.4 Å². The van der Waals surface area contributed by atoms with Crippen molar-refractivity contribution < 1.29 is 9.84 Å². The van der Waals surface area contributed by atoms with Gasteiger partial charge in [0.05, 0.1) is 12.1 Å². The number of pyridine rings is 1. The Morgan fingerprint density at radius 2 is 2.07 bits per heavy atom. The summed E-state index contributed by atoms with van der Waals surface area (Å²) in [5.41, 5.74) is 5.20. The van der Waals surface area contributed by atoms with Crippen LogP contribution in [0.15, 0.2) is 53.6 Å². The van der Waals surface area contributed by atoms with E-state index in [0.717, 1.165) is 44.6 Å². The summed E-state index contributed by atoms with van der Waals surface area (Å²) in [7, 11) is 0. The zero-order chi connectivity index (χ0) is 19.7. The number of aromatic amines is 1. The van der Waals surface area contributed by atoms with Gasteiger partial charge in [0.25, 0.3) is 0 Å². The molecule has 144 valence electrons. The van der Waals surface area contributed by atoms with Crippen LogP contribution < -0.4 is 4.74 Å². The van der Waals surface area contributed by atoms with Crippen molar-refractivity contribution >= 4 is 33.7 Å². The summed E-state index contributed by atoms with van der Waals surface area (Å²) in [5, 5.41) is 11.6. The third-order valence-corrected chi connectivity index (χ3v) is 5.62. The third-order valence-electron chi connectivity index (χ3n) is 4.75. The summed E-state index contributed by atoms with van der Waals surface area (Å²) in [4.78, 5) is 9.27. The summed E-state index contributed by atoms with van der Waals surface area (Å²) in [5.74, 6) is 1.77. The molecule has 4 rings (SSSR count). The van der Waals surface area contributed by atoms with Crippen molar-refractivity contribution in [2.45, 2.75) is 31.8 Å². The fraction of sp³-hybridized carbons (Fsp3) is 0.261. The topological polar surface area (TPSA) is 58.1 Å². The molecule has 0 aliphatic rings. The number of aromatic nitrogens is 2. The van der Waals surface area contributed by atoms with Crippen molar-refractivity contribution in [2.75, 3.05) is 12.4 Å². The molecule has 0 amide bonds. The van der Waals surface area contributed by atoms with Crippen molar-refractivity contribution in [3.05, 3.63) is 54.2 Å². The first-order valence-electron chi connectivity index (χ1n) is 9.52. The maximum absolute atomic E-state index is 9.41. The van der Waals surface area contributed by atoms with Gasteiger partial charge in [-0.3, -0.25) is 0 Å². The first-order valence-corrected chi connectivity index (χ1v) is 10.5. The van der Waals surface area contributed by atoms with Gasteiger partial charge in [0, 0.05) is 21.9 Å². The molecular formula is C23H24N2O2S. The van der Waals surface area contributed by atoms with Gasteiger partial charge in [-0.2, -0.15) is 0 Å². The zero-order valence-electron chi connectivity index (χ0n) is 16.3. The molecule has 0 fully saturated rings. The Hall–Kier alpha value is -2.50. The maximum atomic E-state index is 9.41. The van der Waals surface area contributed by atoms with Crippen LogP contribution in [0, 0.1) is 6.92 Å². The number of nitrogens with one attached hydrogen (secondary N) is 1. The first kappa shape index (κ1) is 18.8. The Balaban J connectivity index is 1.99. The molecule has 0 saturated carbocycles. The van der Waals surface area contributed by atoms with E-state index in [1.54, 1.807) is 0 Å². The monoisotopic (exact) mass is 392 g/mol. The van der Waals surface area contributed by atoms with Crippen LogP contribution in [-0.2, 0) is 0 Å². The van der Waals surface area contributed by atoms with E-state index in [1.807, 2.05) is 30.9 Å². The fourth-order valence-electron chi connectivity index (χ4n) is 3.48. The molecule has 2 N–H and O–H groups in total. The molecule has 4 aromatic rings. The molecule has 28 heavy (non-hydrogen) atoms. The summed E-state index contributed by atoms with van der Waals surface area (Å²) >= 11 is 1.84. The molecule has 2 aromatic heterocycles. The quantitative estimate of drug-likeness (QED) is 0.422. The third kappa shape index (κ3) is 3.48. The van der Waals surface area contributed by atoms with Crippen LogP contribution in [0.3, 0.4) is 0 Å². The Kier molecular flexibility index (Phi) is 5.29. The minimum atomic E-state index is -0.278. The minimum Gasteiger partial charge on any atom is -0.486 e. The van der Waals surface area contributed by atoms with Crippen LogP contribution in [-0.4, -0.2) is 33.5 Å². The highest BCUT2D eigenvalue weighted by atomic mass is 32.2. The average Bonchev–Trinajstić information content (AvgIpc) is 3.08. The molecular weight excluding hydrogens is 368 g/mol. The predicted octanol–water partition coefficient (Wildman–Crippen LogP) is 5.56. The molecule has 0 aliphatic heterocycles. The number of aliphatic hydroxyl groups is 1. The van der Waals surface area contributed by atoms with Gasteiger partial charge in [-0.05, 0) is 66.6 Å². The lowest BCUT2D eigenvalue weighted by Gasteiger charge is -2.14. The second kappa shape index (κ2) is 7.86. The van der Waals surface area contributed by atoms with Crippen molar-refractivity contribution in [3.63, 3.8) is 0 Å². The highest BCUT2D eigenvalue weighted by Crippen LogP contribution is 2.40. The van der Waals surface area contributed by atoms with Gasteiger partial charge in [-0.25, -0.2) is 4.98 Å². The molecule has 0 bridgehead atoms. The minimum absolute atomic E-state index is 0.0306. The van der Waals surface area contributed by atoms with E-state index in [4.69, 9.17) is 4.74 Å². The molecule has 0 aliphatic carbocycles. The summed E-state index contributed by atoms with van der Waals surface area (Å²) in [6.45, 7) is 6.04. The lowest BCUT2D eigenvalue weighted by molar-refractivity contribution is 0.131. The highest BCUT2D eigenvalue weighted by molar-refractivity contribution is 7.99. The Bertz CT molecular complexity index is 1140. The standard InChI is InChI=1S/C23H24N2O2S/c1-4-28-17-7-5-6-16(11-17)18-8-9-20(27-15(3)13-26)22-21(18)19-10-14(2)12-24-23(19)25-22/h5-12,15,26H,4,13H2,1-3H3,(H,24,25)/t15-/m0/s1. The fourth-order valence-corrected chi connectivity index (χ4v) is 4.20. The van der Waals surface area contributed by atoms with Gasteiger partial charge in [-0.1, -0.05) is 19.1 Å². The summed E-state index contributed by atoms with van der Waals surface area (Å²) in [6, 6.07) is 14.9. The summed E-state index contributed by atoms with van der Waals surface area (Å²) < 4.78 is 5.98. The number of thioether (sulfide) groups is 1. The van der Waals surface area contributed by atoms with Gasteiger partial charge < -0.3 is 14.8 Å². The second-order valence-corrected chi connectivity index (χ2v) is 8.30. The van der Waals surface area contributed by atoms with Gasteiger partial charge in [0.2, 0.25) is 0 Å². The molecule has 2 heterocycles. The van der Waals surface area contributed by atoms with E-state index < -0.39 is 0 Å². The van der Waals surface area contributed by atoms with E-state index in [1.165, 1.54) is 10.5 Å². The zero-order valence-corrected chi connectivity index (χ0v) is 17.1. The molecule has 0 saturated heterocycles. The SMILES string of the molecule is CCSc1cccc(-c2ccc(O[C@@H](C)CO)c3[nH]c4ncc(C)cc4c23)c1. The van der Waals surface area contributed by atoms with Crippen molar-refractivity contribution in [1.82, 2.24) is 9.97 Å². The molecule has 2 aromatic carbocycles. The van der Waals surface area contributed by atoms with Crippen molar-refractivity contribution in [1.29, 1.82) is 0 Å². The molecule has 0 spiro atoms. The molecule has 0 radical (unpaired) electrons. The van der Waals surface area contributed by atoms with E-state index in [0.29, 0.717) is 0 Å². The van der Waals surface area contributed by atoms with Crippen LogP contribution in [0.4, 0.5) is 0 Å². The van der Waals surface area contributed by atoms with Crippen molar-refractivity contribution in [2.24, 2.45) is 0 Å². The largest absolute Gasteiger partial charge is 0.486 e. The Morgan fingerprint density at radius 1 is 1.21 bits per heavy atom. The van der Waals surface area contributed by atoms with E-state index >= 15 is 0 Å². The molecule has 0 unspecified atom stereocenters. The normalized spacial score (nSPS) is 12.6. The van der Waals surface area contributed by atoms with E-state index in [-0.39, 0.29) is 12.7 Å². The molecule has 5 heteroatoms. The highest BCUT2D eigenvalue weighted by Gasteiger charge is 2.17. The lowest BCUT2D eigenvalue weighted by atomic mass is 9.99. The predicted molar refractivity (Wildman–Crippen MR) is 117 cm³/mol. The Morgan fingerprint density at radius 3 is 2.86 bits per heavy atom. The number of aliphatic hydroxyl groups excluding tert-OH is 1. The smallest absolute Gasteiger partial charge is 0.144 e. The molecule has 1 atom stereocenters. The number of ether oxygens (including phenoxy) is 1. The number of hydrogen-bond acceptors (Lipinski definition) is 4. The number of hydrogen-bond donors (Lipinski definition) is 2.